The van der Waals surface area contributed by atoms with E-state index in [1.807, 2.05) is 11.8 Å². The molecule has 1 N–H and O–H groups in total. The Labute approximate surface area is 66.7 Å². The van der Waals surface area contributed by atoms with Crippen molar-refractivity contribution in [3.63, 3.8) is 0 Å². The number of ether oxygens (including phenoxy) is 1. The molecule has 0 aromatic rings. The van der Waals surface area contributed by atoms with Gasteiger partial charge in [-0.05, 0) is 12.2 Å². The van der Waals surface area contributed by atoms with Crippen LogP contribution in [0.25, 0.3) is 0 Å². The van der Waals surface area contributed by atoms with Crippen LogP contribution < -0.4 is 5.32 Å². The van der Waals surface area contributed by atoms with Crippen LogP contribution in [-0.4, -0.2) is 30.9 Å². The minimum Gasteiger partial charge on any atom is -0.378 e. The molecule has 0 radical (unpaired) electrons. The van der Waals surface area contributed by atoms with Gasteiger partial charge >= 0.3 is 0 Å². The van der Waals surface area contributed by atoms with E-state index >= 15 is 0 Å². The lowest BCUT2D eigenvalue weighted by atomic mass is 10.5. The molecule has 2 nitrogen and oxygen atoms in total. The summed E-state index contributed by atoms with van der Waals surface area (Å²) in [6.07, 6.45) is 1.25. The van der Waals surface area contributed by atoms with Gasteiger partial charge in [0.1, 0.15) is 0 Å². The van der Waals surface area contributed by atoms with Crippen LogP contribution in [0.1, 0.15) is 13.3 Å². The van der Waals surface area contributed by atoms with Crippen molar-refractivity contribution in [1.29, 1.82) is 0 Å². The molecule has 0 aromatic heterocycles. The summed E-state index contributed by atoms with van der Waals surface area (Å²) in [6.45, 7) is 4.98. The van der Waals surface area contributed by atoms with Crippen LogP contribution in [-0.2, 0) is 4.74 Å². The van der Waals surface area contributed by atoms with E-state index < -0.39 is 0 Å². The van der Waals surface area contributed by atoms with Gasteiger partial charge < -0.3 is 10.1 Å². The second-order valence-electron chi connectivity index (χ2n) is 2.39. The zero-order valence-electron chi connectivity index (χ0n) is 6.43. The smallest absolute Gasteiger partial charge is 0.0770 e. The Balaban J connectivity index is 2.02. The number of thioether (sulfide) groups is 1. The molecule has 0 spiro atoms. The van der Waals surface area contributed by atoms with Crippen LogP contribution in [0.4, 0.5) is 0 Å². The maximum Gasteiger partial charge on any atom is 0.0770 e. The maximum atomic E-state index is 5.30. The van der Waals surface area contributed by atoms with Crippen molar-refractivity contribution in [2.75, 3.05) is 25.5 Å². The standard InChI is InChI=1S/C7H15NOS/c1-2-5-10-7-6-9-4-3-8-7/h7-8H,2-6H2,1H3. The molecular formula is C7H15NOS. The Morgan fingerprint density at radius 3 is 3.20 bits per heavy atom. The number of hydrogen-bond donors (Lipinski definition) is 1. The summed E-state index contributed by atoms with van der Waals surface area (Å²) in [5.74, 6) is 1.24. The summed E-state index contributed by atoms with van der Waals surface area (Å²) in [5, 5.41) is 3.94. The van der Waals surface area contributed by atoms with Crippen LogP contribution in [0, 0.1) is 0 Å². The third-order valence-corrected chi connectivity index (χ3v) is 2.76. The first-order valence-electron chi connectivity index (χ1n) is 3.86. The van der Waals surface area contributed by atoms with Crippen molar-refractivity contribution in [3.05, 3.63) is 0 Å². The topological polar surface area (TPSA) is 21.3 Å². The van der Waals surface area contributed by atoms with Crippen LogP contribution >= 0.6 is 11.8 Å². The van der Waals surface area contributed by atoms with Crippen molar-refractivity contribution in [2.24, 2.45) is 0 Å². The summed E-state index contributed by atoms with van der Waals surface area (Å²) in [6, 6.07) is 0. The molecule has 3 heteroatoms. The Morgan fingerprint density at radius 2 is 2.60 bits per heavy atom. The lowest BCUT2D eigenvalue weighted by Gasteiger charge is -2.22. The molecule has 10 heavy (non-hydrogen) atoms. The van der Waals surface area contributed by atoms with Crippen LogP contribution in [0.15, 0.2) is 0 Å². The molecule has 0 aromatic carbocycles. The molecule has 1 atom stereocenters. The predicted molar refractivity (Wildman–Crippen MR) is 45.4 cm³/mol. The number of rotatable bonds is 3. The number of hydrogen-bond acceptors (Lipinski definition) is 3. The highest BCUT2D eigenvalue weighted by Crippen LogP contribution is 2.11. The molecule has 1 rings (SSSR count). The predicted octanol–water partition coefficient (Wildman–Crippen LogP) is 1.08. The zero-order chi connectivity index (χ0) is 7.23. The summed E-state index contributed by atoms with van der Waals surface area (Å²) in [7, 11) is 0. The van der Waals surface area contributed by atoms with E-state index in [4.69, 9.17) is 4.74 Å². The summed E-state index contributed by atoms with van der Waals surface area (Å²) in [5.41, 5.74) is 0. The third-order valence-electron chi connectivity index (χ3n) is 1.41. The Kier molecular flexibility index (Phi) is 4.18. The summed E-state index contributed by atoms with van der Waals surface area (Å²) in [4.78, 5) is 0. The van der Waals surface area contributed by atoms with Crippen molar-refractivity contribution >= 4 is 11.8 Å². The lowest BCUT2D eigenvalue weighted by molar-refractivity contribution is 0.100. The highest BCUT2D eigenvalue weighted by atomic mass is 32.2. The number of nitrogens with one attached hydrogen (secondary N) is 1. The maximum absolute atomic E-state index is 5.30. The van der Waals surface area contributed by atoms with Crippen molar-refractivity contribution < 1.29 is 4.74 Å². The van der Waals surface area contributed by atoms with Gasteiger partial charge in [0.05, 0.1) is 18.6 Å². The Morgan fingerprint density at radius 1 is 1.70 bits per heavy atom. The molecule has 0 saturated carbocycles. The van der Waals surface area contributed by atoms with E-state index in [1.54, 1.807) is 0 Å². The van der Waals surface area contributed by atoms with E-state index in [9.17, 15) is 0 Å². The van der Waals surface area contributed by atoms with E-state index in [2.05, 4.69) is 12.2 Å². The molecule has 0 amide bonds. The first kappa shape index (κ1) is 8.37. The molecule has 60 valence electrons. The van der Waals surface area contributed by atoms with Gasteiger partial charge in [-0.15, -0.1) is 11.8 Å². The van der Waals surface area contributed by atoms with Gasteiger partial charge in [0.25, 0.3) is 0 Å². The average molecular weight is 161 g/mol. The van der Waals surface area contributed by atoms with Crippen LogP contribution in [0.5, 0.6) is 0 Å². The monoisotopic (exact) mass is 161 g/mol. The summed E-state index contributed by atoms with van der Waals surface area (Å²) >= 11 is 1.96. The summed E-state index contributed by atoms with van der Waals surface area (Å²) < 4.78 is 5.30. The molecule has 0 bridgehead atoms. The molecular weight excluding hydrogens is 146 g/mol. The quantitative estimate of drug-likeness (QED) is 0.669. The van der Waals surface area contributed by atoms with Gasteiger partial charge in [-0.25, -0.2) is 0 Å². The van der Waals surface area contributed by atoms with Gasteiger partial charge in [0, 0.05) is 6.54 Å². The molecule has 1 unspecified atom stereocenters. The number of morpholine rings is 1. The third kappa shape index (κ3) is 2.90. The van der Waals surface area contributed by atoms with E-state index in [0.29, 0.717) is 5.37 Å². The van der Waals surface area contributed by atoms with Gasteiger partial charge in [0.2, 0.25) is 0 Å². The van der Waals surface area contributed by atoms with Gasteiger partial charge in [-0.1, -0.05) is 6.92 Å². The molecule has 1 heterocycles. The molecule has 0 aliphatic carbocycles. The van der Waals surface area contributed by atoms with Gasteiger partial charge in [0.15, 0.2) is 0 Å². The highest BCUT2D eigenvalue weighted by Gasteiger charge is 2.11. The highest BCUT2D eigenvalue weighted by molar-refractivity contribution is 7.99. The largest absolute Gasteiger partial charge is 0.378 e. The molecule has 1 aliphatic rings. The van der Waals surface area contributed by atoms with Crippen molar-refractivity contribution in [3.8, 4) is 0 Å². The SMILES string of the molecule is CCCSC1COCCN1. The Bertz CT molecular complexity index is 83.7. The first-order chi connectivity index (χ1) is 4.93. The fourth-order valence-electron chi connectivity index (χ4n) is 0.909. The molecule has 1 saturated heterocycles. The molecule has 1 aliphatic heterocycles. The van der Waals surface area contributed by atoms with Gasteiger partial charge in [-0.3, -0.25) is 0 Å². The van der Waals surface area contributed by atoms with E-state index in [1.165, 1.54) is 12.2 Å². The lowest BCUT2D eigenvalue weighted by Crippen LogP contribution is -2.39. The van der Waals surface area contributed by atoms with E-state index in [-0.39, 0.29) is 0 Å². The fraction of sp³-hybridized carbons (Fsp3) is 1.00. The van der Waals surface area contributed by atoms with Crippen LogP contribution in [0.2, 0.25) is 0 Å². The van der Waals surface area contributed by atoms with Crippen molar-refractivity contribution in [1.82, 2.24) is 5.32 Å². The minimum atomic E-state index is 0.550. The Hall–Kier alpha value is 0.270. The van der Waals surface area contributed by atoms with Crippen LogP contribution in [0.3, 0.4) is 0 Å². The van der Waals surface area contributed by atoms with Crippen molar-refractivity contribution in [2.45, 2.75) is 18.7 Å². The zero-order valence-corrected chi connectivity index (χ0v) is 7.25. The second kappa shape index (κ2) is 4.99. The average Bonchev–Trinajstić information content (AvgIpc) is 2.03. The fourth-order valence-corrected chi connectivity index (χ4v) is 1.86. The molecule has 1 fully saturated rings. The second-order valence-corrected chi connectivity index (χ2v) is 3.70. The minimum absolute atomic E-state index is 0.550. The normalized spacial score (nSPS) is 26.7. The van der Waals surface area contributed by atoms with E-state index in [0.717, 1.165) is 19.8 Å². The van der Waals surface area contributed by atoms with Gasteiger partial charge in [-0.2, -0.15) is 0 Å². The first-order valence-corrected chi connectivity index (χ1v) is 4.91.